The number of carboxylic acids is 1. The zero-order valence-corrected chi connectivity index (χ0v) is 11.1. The van der Waals surface area contributed by atoms with Gasteiger partial charge in [0.25, 0.3) is 0 Å². The molecule has 0 amide bonds. The summed E-state index contributed by atoms with van der Waals surface area (Å²) in [5.41, 5.74) is -0.787. The molecule has 2 atom stereocenters. The molecule has 15 heavy (non-hydrogen) atoms. The quantitative estimate of drug-likeness (QED) is 0.737. The van der Waals surface area contributed by atoms with Crippen LogP contribution in [-0.4, -0.2) is 11.1 Å². The highest BCUT2D eigenvalue weighted by Crippen LogP contribution is 2.48. The van der Waals surface area contributed by atoms with Crippen LogP contribution in [0.5, 0.6) is 0 Å². The molecule has 0 aliphatic rings. The van der Waals surface area contributed by atoms with E-state index in [0.717, 1.165) is 6.42 Å². The van der Waals surface area contributed by atoms with Crippen molar-refractivity contribution in [3.63, 3.8) is 0 Å². The van der Waals surface area contributed by atoms with Crippen LogP contribution in [0.15, 0.2) is 0 Å². The van der Waals surface area contributed by atoms with E-state index in [1.54, 1.807) is 0 Å². The summed E-state index contributed by atoms with van der Waals surface area (Å²) in [6, 6.07) is 0. The van der Waals surface area contributed by atoms with E-state index in [0.29, 0.717) is 12.3 Å². The van der Waals surface area contributed by atoms with Gasteiger partial charge in [0, 0.05) is 0 Å². The van der Waals surface area contributed by atoms with Gasteiger partial charge < -0.3 is 11.3 Å². The van der Waals surface area contributed by atoms with E-state index in [1.165, 1.54) is 0 Å². The van der Waals surface area contributed by atoms with E-state index in [2.05, 4.69) is 27.7 Å². The molecule has 0 saturated carbocycles. The summed E-state index contributed by atoms with van der Waals surface area (Å²) in [6.07, 6.45) is 1.70. The molecule has 0 fully saturated rings. The molecule has 0 bridgehead atoms. The Hall–Kier alpha value is -0.570. The summed E-state index contributed by atoms with van der Waals surface area (Å²) < 4.78 is 0. The van der Waals surface area contributed by atoms with Crippen molar-refractivity contribution in [1.29, 1.82) is 0 Å². The highest BCUT2D eigenvalue weighted by Gasteiger charge is 2.48. The van der Waals surface area contributed by atoms with E-state index < -0.39 is 11.4 Å². The molecule has 0 spiro atoms. The van der Waals surface area contributed by atoms with Gasteiger partial charge in [0.05, 0.1) is 5.41 Å². The van der Waals surface area contributed by atoms with Crippen molar-refractivity contribution < 1.29 is 9.90 Å². The van der Waals surface area contributed by atoms with Crippen molar-refractivity contribution in [2.75, 3.05) is 0 Å². The Morgan fingerprint density at radius 1 is 1.27 bits per heavy atom. The number of rotatable bonds is 5. The molecule has 0 heterocycles. The van der Waals surface area contributed by atoms with Crippen LogP contribution in [0.1, 0.15) is 54.4 Å². The first-order valence-corrected chi connectivity index (χ1v) is 5.47. The van der Waals surface area contributed by atoms with Crippen molar-refractivity contribution in [1.82, 2.24) is 6.15 Å². The van der Waals surface area contributed by atoms with Gasteiger partial charge in [-0.2, -0.15) is 0 Å². The molecule has 0 aromatic carbocycles. The Labute approximate surface area is 93.8 Å². The van der Waals surface area contributed by atoms with E-state index in [9.17, 15) is 9.90 Å². The average Bonchev–Trinajstić information content (AvgIpc) is 2.14. The zero-order chi connectivity index (χ0) is 11.6. The van der Waals surface area contributed by atoms with E-state index in [-0.39, 0.29) is 11.6 Å². The minimum Gasteiger partial charge on any atom is -0.481 e. The molecule has 0 aromatic rings. The molecule has 0 saturated heterocycles. The molecular weight excluding hydrogens is 190 g/mol. The molecule has 2 unspecified atom stereocenters. The number of aliphatic carboxylic acids is 1. The summed E-state index contributed by atoms with van der Waals surface area (Å²) in [7, 11) is 0. The fraction of sp³-hybridized carbons (Fsp3) is 0.917. The van der Waals surface area contributed by atoms with Crippen LogP contribution < -0.4 is 6.15 Å². The van der Waals surface area contributed by atoms with Gasteiger partial charge in [0.15, 0.2) is 0 Å². The van der Waals surface area contributed by atoms with Gasteiger partial charge in [0.1, 0.15) is 0 Å². The summed E-state index contributed by atoms with van der Waals surface area (Å²) in [4.78, 5) is 11.3. The maximum absolute atomic E-state index is 11.3. The van der Waals surface area contributed by atoms with Crippen molar-refractivity contribution in [3.05, 3.63) is 0 Å². The van der Waals surface area contributed by atoms with Gasteiger partial charge in [-0.3, -0.25) is 4.79 Å². The molecule has 0 radical (unpaired) electrons. The van der Waals surface area contributed by atoms with Crippen LogP contribution in [0.3, 0.4) is 0 Å². The van der Waals surface area contributed by atoms with Crippen LogP contribution in [0.2, 0.25) is 0 Å². The Morgan fingerprint density at radius 2 is 1.67 bits per heavy atom. The molecule has 0 rings (SSSR count). The summed E-state index contributed by atoms with van der Waals surface area (Å²) in [6.45, 7) is 12.2. The number of hydrogen-bond donors (Lipinski definition) is 2. The van der Waals surface area contributed by atoms with Crippen molar-refractivity contribution in [2.24, 2.45) is 16.7 Å². The molecule has 0 aliphatic carbocycles. The normalized spacial score (nSPS) is 17.5. The summed E-state index contributed by atoms with van der Waals surface area (Å²) >= 11 is 0. The SMILES string of the molecule is CCC(C)C(C)(C)C(C)(CC)C(=O)O.N. The highest BCUT2D eigenvalue weighted by molar-refractivity contribution is 5.75. The van der Waals surface area contributed by atoms with Crippen molar-refractivity contribution >= 4 is 5.97 Å². The standard InChI is InChI=1S/C12H24O2.H3N/c1-7-9(3)11(4,5)12(6,8-2)10(13)14;/h9H,7-8H2,1-6H3,(H,13,14);1H3. The first-order chi connectivity index (χ1) is 6.24. The van der Waals surface area contributed by atoms with Gasteiger partial charge in [-0.1, -0.05) is 41.0 Å². The lowest BCUT2D eigenvalue weighted by Gasteiger charge is -2.44. The number of carbonyl (C=O) groups is 1. The topological polar surface area (TPSA) is 72.3 Å². The van der Waals surface area contributed by atoms with Gasteiger partial charge in [-0.05, 0) is 24.7 Å². The van der Waals surface area contributed by atoms with Crippen molar-refractivity contribution in [2.45, 2.75) is 54.4 Å². The van der Waals surface area contributed by atoms with E-state index in [1.807, 2.05) is 13.8 Å². The van der Waals surface area contributed by atoms with Crippen LogP contribution in [-0.2, 0) is 4.79 Å². The first kappa shape index (κ1) is 16.8. The smallest absolute Gasteiger partial charge is 0.309 e. The number of carboxylic acid groups (broad SMARTS) is 1. The highest BCUT2D eigenvalue weighted by atomic mass is 16.4. The predicted molar refractivity (Wildman–Crippen MR) is 64.3 cm³/mol. The van der Waals surface area contributed by atoms with Gasteiger partial charge in [0.2, 0.25) is 0 Å². The first-order valence-electron chi connectivity index (χ1n) is 5.47. The molecule has 3 nitrogen and oxygen atoms in total. The maximum atomic E-state index is 11.3. The Bertz CT molecular complexity index is 214. The fourth-order valence-electron chi connectivity index (χ4n) is 1.94. The molecular formula is C12H27NO2. The van der Waals surface area contributed by atoms with Crippen molar-refractivity contribution in [3.8, 4) is 0 Å². The maximum Gasteiger partial charge on any atom is 0.309 e. The molecule has 0 aromatic heterocycles. The van der Waals surface area contributed by atoms with E-state index in [4.69, 9.17) is 0 Å². The summed E-state index contributed by atoms with van der Waals surface area (Å²) in [5.74, 6) is -0.256. The van der Waals surface area contributed by atoms with E-state index >= 15 is 0 Å². The third kappa shape index (κ3) is 2.71. The molecule has 4 N–H and O–H groups in total. The van der Waals surface area contributed by atoms with Gasteiger partial charge >= 0.3 is 5.97 Å². The third-order valence-corrected chi connectivity index (χ3v) is 4.45. The molecule has 0 aliphatic heterocycles. The average molecular weight is 217 g/mol. The molecule has 92 valence electrons. The monoisotopic (exact) mass is 217 g/mol. The van der Waals surface area contributed by atoms with Crippen LogP contribution >= 0.6 is 0 Å². The Balaban J connectivity index is 0. The third-order valence-electron chi connectivity index (χ3n) is 4.45. The predicted octanol–water partition coefficient (Wildman–Crippen LogP) is 3.72. The van der Waals surface area contributed by atoms with Crippen LogP contribution in [0.25, 0.3) is 0 Å². The number of hydrogen-bond acceptors (Lipinski definition) is 2. The van der Waals surface area contributed by atoms with Gasteiger partial charge in [-0.25, -0.2) is 0 Å². The van der Waals surface area contributed by atoms with Crippen LogP contribution in [0.4, 0.5) is 0 Å². The van der Waals surface area contributed by atoms with Crippen LogP contribution in [0, 0.1) is 16.7 Å². The Kier molecular flexibility index (Phi) is 6.17. The minimum absolute atomic E-state index is 0. The Morgan fingerprint density at radius 3 is 1.87 bits per heavy atom. The lowest BCUT2D eigenvalue weighted by Crippen LogP contribution is -2.45. The second kappa shape index (κ2) is 5.50. The molecule has 3 heteroatoms. The zero-order valence-electron chi connectivity index (χ0n) is 11.1. The lowest BCUT2D eigenvalue weighted by atomic mass is 9.59. The lowest BCUT2D eigenvalue weighted by molar-refractivity contribution is -0.158. The van der Waals surface area contributed by atoms with Gasteiger partial charge in [-0.15, -0.1) is 0 Å². The largest absolute Gasteiger partial charge is 0.481 e. The second-order valence-corrected chi connectivity index (χ2v) is 5.02. The minimum atomic E-state index is -0.676. The second-order valence-electron chi connectivity index (χ2n) is 5.02. The fourth-order valence-corrected chi connectivity index (χ4v) is 1.94. The summed E-state index contributed by atoms with van der Waals surface area (Å²) in [5, 5.41) is 9.31.